The van der Waals surface area contributed by atoms with Gasteiger partial charge in [-0.1, -0.05) is 0 Å². The molecule has 2 N–H and O–H groups in total. The second-order valence-electron chi connectivity index (χ2n) is 7.36. The van der Waals surface area contributed by atoms with E-state index in [0.29, 0.717) is 5.82 Å². The highest BCUT2D eigenvalue weighted by molar-refractivity contribution is 7.19. The van der Waals surface area contributed by atoms with Gasteiger partial charge in [0.05, 0.1) is 23.4 Å². The van der Waals surface area contributed by atoms with Crippen LogP contribution in [0.25, 0.3) is 10.2 Å². The number of hydrogen-bond acceptors (Lipinski definition) is 6. The van der Waals surface area contributed by atoms with Gasteiger partial charge in [-0.05, 0) is 51.0 Å². The monoisotopic (exact) mass is 341 g/mol. The summed E-state index contributed by atoms with van der Waals surface area (Å²) in [5.74, 6) is 1.47. The highest BCUT2D eigenvalue weighted by atomic mass is 32.1. The highest BCUT2D eigenvalue weighted by Crippen LogP contribution is 2.38. The Kier molecular flexibility index (Phi) is 3.93. The van der Waals surface area contributed by atoms with Crippen LogP contribution in [-0.4, -0.2) is 28.0 Å². The fourth-order valence-electron chi connectivity index (χ4n) is 3.82. The number of rotatable bonds is 2. The van der Waals surface area contributed by atoms with Crippen LogP contribution in [0.3, 0.4) is 0 Å². The van der Waals surface area contributed by atoms with Gasteiger partial charge < -0.3 is 5.73 Å². The van der Waals surface area contributed by atoms with Gasteiger partial charge in [0, 0.05) is 18.0 Å². The number of nitrogens with zero attached hydrogens (tertiary/aromatic N) is 4. The van der Waals surface area contributed by atoms with E-state index in [-0.39, 0.29) is 5.41 Å². The van der Waals surface area contributed by atoms with Crippen LogP contribution < -0.4 is 5.73 Å². The molecule has 0 aromatic carbocycles. The average molecular weight is 341 g/mol. The molecule has 0 bridgehead atoms. The molecule has 2 aromatic heterocycles. The fraction of sp³-hybridized carbons (Fsp3) is 0.611. The molecule has 1 aliphatic heterocycles. The van der Waals surface area contributed by atoms with Gasteiger partial charge in [-0.15, -0.1) is 11.3 Å². The number of nitriles is 1. The van der Waals surface area contributed by atoms with Crippen molar-refractivity contribution >= 4 is 27.4 Å². The molecule has 0 amide bonds. The summed E-state index contributed by atoms with van der Waals surface area (Å²) >= 11 is 1.80. The first-order valence-corrected chi connectivity index (χ1v) is 9.60. The number of aromatic nitrogens is 2. The first-order chi connectivity index (χ1) is 11.6. The number of fused-ring (bicyclic) bond motifs is 3. The van der Waals surface area contributed by atoms with Crippen molar-refractivity contribution in [1.29, 1.82) is 5.26 Å². The minimum Gasteiger partial charge on any atom is -0.383 e. The molecule has 0 saturated carbocycles. The van der Waals surface area contributed by atoms with Gasteiger partial charge in [0.1, 0.15) is 16.5 Å². The Labute approximate surface area is 146 Å². The average Bonchev–Trinajstić information content (AvgIpc) is 2.96. The minimum atomic E-state index is -0.173. The number of piperidine rings is 1. The maximum absolute atomic E-state index is 9.25. The van der Waals surface area contributed by atoms with Crippen molar-refractivity contribution < 1.29 is 0 Å². The van der Waals surface area contributed by atoms with Crippen LogP contribution in [-0.2, 0) is 19.4 Å². The van der Waals surface area contributed by atoms with Gasteiger partial charge in [0.2, 0.25) is 0 Å². The molecule has 0 unspecified atom stereocenters. The fourth-order valence-corrected chi connectivity index (χ4v) is 5.11. The van der Waals surface area contributed by atoms with Crippen LogP contribution >= 0.6 is 11.3 Å². The van der Waals surface area contributed by atoms with Crippen LogP contribution in [0.2, 0.25) is 0 Å². The van der Waals surface area contributed by atoms with Crippen molar-refractivity contribution in [3.63, 3.8) is 0 Å². The Balaban J connectivity index is 1.57. The zero-order chi connectivity index (χ0) is 16.7. The van der Waals surface area contributed by atoms with Gasteiger partial charge in [-0.2, -0.15) is 5.26 Å². The van der Waals surface area contributed by atoms with Gasteiger partial charge in [0.25, 0.3) is 0 Å². The first-order valence-electron chi connectivity index (χ1n) is 8.78. The van der Waals surface area contributed by atoms with E-state index in [4.69, 9.17) is 10.7 Å². The molecule has 0 spiro atoms. The maximum atomic E-state index is 9.25. The summed E-state index contributed by atoms with van der Waals surface area (Å²) in [5, 5.41) is 10.4. The van der Waals surface area contributed by atoms with Gasteiger partial charge in [-0.25, -0.2) is 9.97 Å². The molecule has 5 nitrogen and oxygen atoms in total. The number of anilines is 1. The third-order valence-corrected chi connectivity index (χ3v) is 6.67. The zero-order valence-corrected chi connectivity index (χ0v) is 15.0. The van der Waals surface area contributed by atoms with E-state index in [1.807, 2.05) is 0 Å². The molecule has 0 atom stereocenters. The van der Waals surface area contributed by atoms with E-state index >= 15 is 0 Å². The van der Waals surface area contributed by atoms with Gasteiger partial charge in [0.15, 0.2) is 0 Å². The molecule has 1 aliphatic carbocycles. The highest BCUT2D eigenvalue weighted by Gasteiger charge is 2.30. The minimum absolute atomic E-state index is 0.173. The topological polar surface area (TPSA) is 78.8 Å². The van der Waals surface area contributed by atoms with Gasteiger partial charge in [-0.3, -0.25) is 4.90 Å². The summed E-state index contributed by atoms with van der Waals surface area (Å²) in [7, 11) is 0. The van der Waals surface area contributed by atoms with E-state index in [1.165, 1.54) is 23.3 Å². The molecular formula is C18H23N5S. The smallest absolute Gasteiger partial charge is 0.146 e. The van der Waals surface area contributed by atoms with Crippen molar-refractivity contribution in [2.45, 2.75) is 52.0 Å². The number of hydrogen-bond donors (Lipinski definition) is 1. The molecule has 1 saturated heterocycles. The van der Waals surface area contributed by atoms with E-state index in [0.717, 1.165) is 61.4 Å². The maximum Gasteiger partial charge on any atom is 0.146 e. The lowest BCUT2D eigenvalue weighted by Crippen LogP contribution is -2.37. The van der Waals surface area contributed by atoms with Crippen molar-refractivity contribution in [2.75, 3.05) is 18.8 Å². The summed E-state index contributed by atoms with van der Waals surface area (Å²) in [4.78, 5) is 14.3. The molecule has 1 fully saturated rings. The van der Waals surface area contributed by atoms with Crippen molar-refractivity contribution in [1.82, 2.24) is 14.9 Å². The number of likely N-dealkylation sites (tertiary alicyclic amines) is 1. The molecule has 2 aromatic rings. The summed E-state index contributed by atoms with van der Waals surface area (Å²) in [6.45, 7) is 4.63. The SMILES string of the molecule is CC1(C#N)CCN(Cc2nc(N)c3c4c(sc3n2)CCCC4)CC1. The normalized spacial score (nSPS) is 20.7. The van der Waals surface area contributed by atoms with E-state index in [2.05, 4.69) is 22.9 Å². The lowest BCUT2D eigenvalue weighted by molar-refractivity contribution is 0.147. The molecule has 6 heteroatoms. The summed E-state index contributed by atoms with van der Waals surface area (Å²) in [6, 6.07) is 2.45. The van der Waals surface area contributed by atoms with Crippen LogP contribution in [0.4, 0.5) is 5.82 Å². The lowest BCUT2D eigenvalue weighted by Gasteiger charge is -2.34. The standard InChI is InChI=1S/C18H23N5S/c1-18(11-19)6-8-23(9-7-18)10-14-21-16(20)15-12-4-2-3-5-13(12)24-17(15)22-14/h2-10H2,1H3,(H2,20,21,22). The predicted molar refractivity (Wildman–Crippen MR) is 96.7 cm³/mol. The quantitative estimate of drug-likeness (QED) is 0.907. The largest absolute Gasteiger partial charge is 0.383 e. The zero-order valence-electron chi connectivity index (χ0n) is 14.1. The third-order valence-electron chi connectivity index (χ3n) is 5.48. The molecule has 3 heterocycles. The Morgan fingerprint density at radius 1 is 1.25 bits per heavy atom. The van der Waals surface area contributed by atoms with Crippen molar-refractivity contribution in [3.05, 3.63) is 16.3 Å². The number of aryl methyl sites for hydroxylation is 2. The van der Waals surface area contributed by atoms with E-state index in [1.54, 1.807) is 11.3 Å². The first kappa shape index (κ1) is 15.8. The van der Waals surface area contributed by atoms with Crippen molar-refractivity contribution in [3.8, 4) is 6.07 Å². The van der Waals surface area contributed by atoms with E-state index in [9.17, 15) is 5.26 Å². The number of thiophene rings is 1. The Bertz CT molecular complexity index is 811. The Morgan fingerprint density at radius 2 is 2.00 bits per heavy atom. The van der Waals surface area contributed by atoms with Gasteiger partial charge >= 0.3 is 0 Å². The second kappa shape index (κ2) is 5.98. The molecule has 4 rings (SSSR count). The molecule has 0 radical (unpaired) electrons. The third kappa shape index (κ3) is 2.76. The second-order valence-corrected chi connectivity index (χ2v) is 8.45. The molecule has 24 heavy (non-hydrogen) atoms. The van der Waals surface area contributed by atoms with Crippen molar-refractivity contribution in [2.24, 2.45) is 5.41 Å². The Morgan fingerprint density at radius 3 is 2.75 bits per heavy atom. The van der Waals surface area contributed by atoms with Crippen LogP contribution in [0.5, 0.6) is 0 Å². The number of nitrogens with two attached hydrogens (primary N) is 1. The summed E-state index contributed by atoms with van der Waals surface area (Å²) < 4.78 is 0. The predicted octanol–water partition coefficient (Wildman–Crippen LogP) is 3.28. The molecule has 2 aliphatic rings. The van der Waals surface area contributed by atoms with Crippen LogP contribution in [0.1, 0.15) is 48.9 Å². The van der Waals surface area contributed by atoms with Crippen LogP contribution in [0, 0.1) is 16.7 Å². The van der Waals surface area contributed by atoms with Crippen LogP contribution in [0.15, 0.2) is 0 Å². The van der Waals surface area contributed by atoms with E-state index < -0.39 is 0 Å². The Hall–Kier alpha value is -1.71. The summed E-state index contributed by atoms with van der Waals surface area (Å²) in [6.07, 6.45) is 6.60. The molecular weight excluding hydrogens is 318 g/mol. The summed E-state index contributed by atoms with van der Waals surface area (Å²) in [5.41, 5.74) is 7.51. The number of nitrogen functional groups attached to an aromatic ring is 1. The lowest BCUT2D eigenvalue weighted by atomic mass is 9.82. The molecule has 126 valence electrons.